The third kappa shape index (κ3) is 3.71. The maximum atomic E-state index is 13.0. The second-order valence-corrected chi connectivity index (χ2v) is 5.93. The number of hydrogen-bond donors (Lipinski definition) is 2. The fraction of sp³-hybridized carbons (Fsp3) is 0.529. The van der Waals surface area contributed by atoms with Crippen LogP contribution in [0, 0.1) is 13.8 Å². The van der Waals surface area contributed by atoms with Gasteiger partial charge >= 0.3 is 11.9 Å². The lowest BCUT2D eigenvalue weighted by atomic mass is 10.1. The van der Waals surface area contributed by atoms with Crippen LogP contribution in [0.5, 0.6) is 0 Å². The molecule has 1 fully saturated rings. The summed E-state index contributed by atoms with van der Waals surface area (Å²) in [5.74, 6) is -1.97. The second-order valence-electron chi connectivity index (χ2n) is 5.93. The van der Waals surface area contributed by atoms with Crippen molar-refractivity contribution in [1.82, 2.24) is 15.2 Å². The number of carbonyl (C=O) groups is 4. The van der Waals surface area contributed by atoms with Gasteiger partial charge in [0.15, 0.2) is 0 Å². The predicted octanol–water partition coefficient (Wildman–Crippen LogP) is 0.312. The van der Waals surface area contributed by atoms with Gasteiger partial charge in [-0.15, -0.1) is 0 Å². The molecule has 1 aromatic rings. The Morgan fingerprint density at radius 3 is 2.58 bits per heavy atom. The third-order valence-electron chi connectivity index (χ3n) is 4.31. The van der Waals surface area contributed by atoms with Crippen molar-refractivity contribution in [1.29, 1.82) is 0 Å². The van der Waals surface area contributed by atoms with Crippen LogP contribution in [0.25, 0.3) is 0 Å². The van der Waals surface area contributed by atoms with Crippen molar-refractivity contribution in [3.05, 3.63) is 22.5 Å². The van der Waals surface area contributed by atoms with E-state index in [1.54, 1.807) is 20.8 Å². The van der Waals surface area contributed by atoms with Crippen molar-refractivity contribution in [3.8, 4) is 0 Å². The molecule has 2 N–H and O–H groups in total. The highest BCUT2D eigenvalue weighted by molar-refractivity contribution is 6.02. The number of carbonyl (C=O) groups excluding carboxylic acids is 4. The van der Waals surface area contributed by atoms with E-state index in [1.165, 1.54) is 12.0 Å². The third-order valence-corrected chi connectivity index (χ3v) is 4.31. The van der Waals surface area contributed by atoms with Crippen LogP contribution in [0.3, 0.4) is 0 Å². The molecule has 142 valence electrons. The number of H-pyrrole nitrogens is 1. The molecular weight excluding hydrogens is 342 g/mol. The van der Waals surface area contributed by atoms with Crippen molar-refractivity contribution >= 4 is 23.8 Å². The van der Waals surface area contributed by atoms with E-state index in [9.17, 15) is 19.2 Å². The summed E-state index contributed by atoms with van der Waals surface area (Å²) in [6.45, 7) is 5.77. The summed E-state index contributed by atoms with van der Waals surface area (Å²) < 4.78 is 9.64. The Hall–Kier alpha value is -2.84. The lowest BCUT2D eigenvalue weighted by molar-refractivity contribution is -0.145. The lowest BCUT2D eigenvalue weighted by Gasteiger charge is -2.34. The van der Waals surface area contributed by atoms with Gasteiger partial charge in [-0.3, -0.25) is 14.4 Å². The zero-order valence-electron chi connectivity index (χ0n) is 15.3. The SMILES string of the molecule is CCOC(=O)c1c(C)[nH]c(C(=O)N2CCNC(=O)C2CC(=O)OC)c1C. The highest BCUT2D eigenvalue weighted by atomic mass is 16.5. The van der Waals surface area contributed by atoms with Crippen LogP contribution >= 0.6 is 0 Å². The standard InChI is InChI=1S/C17H23N3O6/c1-5-26-17(24)13-9(2)14(19-10(13)3)16(23)20-7-6-18-15(22)11(20)8-12(21)25-4/h11,19H,5-8H2,1-4H3,(H,18,22). The molecule has 0 radical (unpaired) electrons. The normalized spacial score (nSPS) is 16.8. The number of ether oxygens (including phenoxy) is 2. The average molecular weight is 365 g/mol. The first-order valence-corrected chi connectivity index (χ1v) is 8.33. The molecule has 0 spiro atoms. The van der Waals surface area contributed by atoms with Gasteiger partial charge in [0.25, 0.3) is 5.91 Å². The molecule has 1 saturated heterocycles. The molecule has 2 amide bonds. The second kappa shape index (κ2) is 8.03. The van der Waals surface area contributed by atoms with Crippen LogP contribution < -0.4 is 5.32 Å². The van der Waals surface area contributed by atoms with Gasteiger partial charge in [0.2, 0.25) is 5.91 Å². The molecule has 1 aliphatic heterocycles. The number of rotatable bonds is 5. The van der Waals surface area contributed by atoms with E-state index in [0.29, 0.717) is 16.8 Å². The van der Waals surface area contributed by atoms with E-state index in [4.69, 9.17) is 4.74 Å². The van der Waals surface area contributed by atoms with Gasteiger partial charge in [0, 0.05) is 18.8 Å². The van der Waals surface area contributed by atoms with E-state index in [0.717, 1.165) is 0 Å². The van der Waals surface area contributed by atoms with Crippen LogP contribution in [-0.2, 0) is 19.1 Å². The minimum absolute atomic E-state index is 0.204. The topological polar surface area (TPSA) is 118 Å². The van der Waals surface area contributed by atoms with Crippen molar-refractivity contribution in [2.24, 2.45) is 0 Å². The van der Waals surface area contributed by atoms with Crippen molar-refractivity contribution < 1.29 is 28.7 Å². The highest BCUT2D eigenvalue weighted by Crippen LogP contribution is 2.22. The van der Waals surface area contributed by atoms with Crippen LogP contribution in [0.4, 0.5) is 0 Å². The average Bonchev–Trinajstić information content (AvgIpc) is 2.90. The Labute approximate surface area is 151 Å². The smallest absolute Gasteiger partial charge is 0.340 e. The number of amides is 2. The Kier molecular flexibility index (Phi) is 6.01. The molecule has 0 aliphatic carbocycles. The molecule has 0 aromatic carbocycles. The van der Waals surface area contributed by atoms with Crippen LogP contribution in [0.15, 0.2) is 0 Å². The summed E-state index contributed by atoms with van der Waals surface area (Å²) in [4.78, 5) is 53.1. The predicted molar refractivity (Wildman–Crippen MR) is 90.7 cm³/mol. The van der Waals surface area contributed by atoms with E-state index in [1.807, 2.05) is 0 Å². The Bertz CT molecular complexity index is 739. The number of nitrogens with zero attached hydrogens (tertiary/aromatic N) is 1. The molecule has 2 rings (SSSR count). The number of methoxy groups -OCH3 is 1. The summed E-state index contributed by atoms with van der Waals surface area (Å²) in [5.41, 5.74) is 1.47. The van der Waals surface area contributed by atoms with Gasteiger partial charge in [0.1, 0.15) is 11.7 Å². The molecule has 0 saturated carbocycles. The summed E-state index contributed by atoms with van der Waals surface area (Å²) in [6, 6.07) is -0.960. The molecule has 26 heavy (non-hydrogen) atoms. The molecule has 1 aliphatic rings. The van der Waals surface area contributed by atoms with Crippen molar-refractivity contribution in [3.63, 3.8) is 0 Å². The first kappa shape index (κ1) is 19.5. The fourth-order valence-electron chi connectivity index (χ4n) is 3.02. The molecule has 1 atom stereocenters. The molecule has 9 nitrogen and oxygen atoms in total. The lowest BCUT2D eigenvalue weighted by Crippen LogP contribution is -2.58. The first-order valence-electron chi connectivity index (χ1n) is 8.33. The van der Waals surface area contributed by atoms with Crippen LogP contribution in [0.2, 0.25) is 0 Å². The molecule has 9 heteroatoms. The number of aryl methyl sites for hydroxylation is 1. The van der Waals surface area contributed by atoms with Gasteiger partial charge in [-0.05, 0) is 26.3 Å². The Morgan fingerprint density at radius 2 is 1.96 bits per heavy atom. The van der Waals surface area contributed by atoms with Gasteiger partial charge < -0.3 is 24.7 Å². The van der Waals surface area contributed by atoms with E-state index in [-0.39, 0.29) is 31.8 Å². The molecule has 2 heterocycles. The Morgan fingerprint density at radius 1 is 1.27 bits per heavy atom. The van der Waals surface area contributed by atoms with E-state index >= 15 is 0 Å². The zero-order valence-corrected chi connectivity index (χ0v) is 15.3. The quantitative estimate of drug-likeness (QED) is 0.725. The monoisotopic (exact) mass is 365 g/mol. The number of piperazine rings is 1. The molecular formula is C17H23N3O6. The minimum atomic E-state index is -0.960. The number of hydrogen-bond acceptors (Lipinski definition) is 6. The maximum absolute atomic E-state index is 13.0. The van der Waals surface area contributed by atoms with Crippen molar-refractivity contribution in [2.45, 2.75) is 33.2 Å². The molecule has 0 bridgehead atoms. The number of nitrogens with one attached hydrogen (secondary N) is 2. The zero-order chi connectivity index (χ0) is 19.4. The van der Waals surface area contributed by atoms with Gasteiger partial charge in [-0.2, -0.15) is 0 Å². The van der Waals surface area contributed by atoms with Gasteiger partial charge in [-0.1, -0.05) is 0 Å². The summed E-state index contributed by atoms with van der Waals surface area (Å²) >= 11 is 0. The largest absolute Gasteiger partial charge is 0.469 e. The van der Waals surface area contributed by atoms with E-state index in [2.05, 4.69) is 15.0 Å². The van der Waals surface area contributed by atoms with Gasteiger partial charge in [-0.25, -0.2) is 4.79 Å². The minimum Gasteiger partial charge on any atom is -0.469 e. The Balaban J connectivity index is 2.34. The summed E-state index contributed by atoms with van der Waals surface area (Å²) in [5, 5.41) is 2.64. The summed E-state index contributed by atoms with van der Waals surface area (Å²) in [7, 11) is 1.22. The van der Waals surface area contributed by atoms with E-state index < -0.39 is 29.8 Å². The molecule has 1 unspecified atom stereocenters. The van der Waals surface area contributed by atoms with Crippen LogP contribution in [-0.4, -0.2) is 66.5 Å². The summed E-state index contributed by atoms with van der Waals surface area (Å²) in [6.07, 6.45) is -0.239. The number of aromatic nitrogens is 1. The van der Waals surface area contributed by atoms with Crippen LogP contribution in [0.1, 0.15) is 45.4 Å². The number of esters is 2. The van der Waals surface area contributed by atoms with Crippen molar-refractivity contribution in [2.75, 3.05) is 26.8 Å². The number of aromatic amines is 1. The first-order chi connectivity index (χ1) is 12.3. The maximum Gasteiger partial charge on any atom is 0.340 e. The fourth-order valence-corrected chi connectivity index (χ4v) is 3.02. The van der Waals surface area contributed by atoms with Gasteiger partial charge in [0.05, 0.1) is 25.7 Å². The highest BCUT2D eigenvalue weighted by Gasteiger charge is 2.37. The molecule has 1 aromatic heterocycles.